The van der Waals surface area contributed by atoms with Gasteiger partial charge in [0.25, 0.3) is 0 Å². The fraction of sp³-hybridized carbons (Fsp3) is 0.381. The van der Waals surface area contributed by atoms with Gasteiger partial charge in [-0.3, -0.25) is 4.79 Å². The molecule has 0 aromatic heterocycles. The molecule has 0 saturated carbocycles. The zero-order chi connectivity index (χ0) is 19.4. The number of rotatable bonds is 6. The number of benzene rings is 2. The van der Waals surface area contributed by atoms with Gasteiger partial charge < -0.3 is 10.6 Å². The van der Waals surface area contributed by atoms with Crippen molar-refractivity contribution in [1.82, 2.24) is 10.6 Å². The van der Waals surface area contributed by atoms with E-state index in [9.17, 15) is 13.2 Å². The van der Waals surface area contributed by atoms with Crippen molar-refractivity contribution in [1.29, 1.82) is 0 Å². The van der Waals surface area contributed by atoms with E-state index >= 15 is 0 Å². The second-order valence-electron chi connectivity index (χ2n) is 7.25. The van der Waals surface area contributed by atoms with Crippen LogP contribution >= 0.6 is 0 Å². The lowest BCUT2D eigenvalue weighted by Gasteiger charge is -2.22. The van der Waals surface area contributed by atoms with Crippen LogP contribution in [-0.4, -0.2) is 33.2 Å². The predicted molar refractivity (Wildman–Crippen MR) is 106 cm³/mol. The van der Waals surface area contributed by atoms with Gasteiger partial charge in [-0.15, -0.1) is 0 Å². The summed E-state index contributed by atoms with van der Waals surface area (Å²) in [4.78, 5) is 12.9. The van der Waals surface area contributed by atoms with E-state index in [0.29, 0.717) is 6.42 Å². The number of nitrogens with one attached hydrogen (secondary N) is 2. The van der Waals surface area contributed by atoms with Gasteiger partial charge in [0.1, 0.15) is 0 Å². The Morgan fingerprint density at radius 1 is 1.19 bits per heavy atom. The summed E-state index contributed by atoms with van der Waals surface area (Å²) in [6.45, 7) is 2.96. The van der Waals surface area contributed by atoms with Crippen LogP contribution in [0.3, 0.4) is 0 Å². The SMILES string of the molecule is Cc1ccc(C(NC(=O)CC2CCCN2)c2cccc(S(C)(=O)=O)c2)cc1. The summed E-state index contributed by atoms with van der Waals surface area (Å²) in [5.41, 5.74) is 2.82. The monoisotopic (exact) mass is 386 g/mol. The second-order valence-corrected chi connectivity index (χ2v) is 9.27. The van der Waals surface area contributed by atoms with E-state index in [2.05, 4.69) is 10.6 Å². The molecular weight excluding hydrogens is 360 g/mol. The van der Waals surface area contributed by atoms with Crippen LogP contribution in [-0.2, 0) is 14.6 Å². The summed E-state index contributed by atoms with van der Waals surface area (Å²) < 4.78 is 23.9. The highest BCUT2D eigenvalue weighted by molar-refractivity contribution is 7.90. The number of carbonyl (C=O) groups is 1. The molecule has 0 aliphatic carbocycles. The summed E-state index contributed by atoms with van der Waals surface area (Å²) in [5, 5.41) is 6.44. The van der Waals surface area contributed by atoms with Crippen molar-refractivity contribution in [2.45, 2.75) is 43.2 Å². The highest BCUT2D eigenvalue weighted by Gasteiger charge is 2.22. The summed E-state index contributed by atoms with van der Waals surface area (Å²) in [6.07, 6.45) is 3.72. The van der Waals surface area contributed by atoms with Crippen LogP contribution in [0, 0.1) is 6.92 Å². The number of carbonyl (C=O) groups excluding carboxylic acids is 1. The fourth-order valence-electron chi connectivity index (χ4n) is 3.42. The lowest BCUT2D eigenvalue weighted by molar-refractivity contribution is -0.122. The van der Waals surface area contributed by atoms with E-state index in [1.807, 2.05) is 37.3 Å². The van der Waals surface area contributed by atoms with Crippen LogP contribution < -0.4 is 10.6 Å². The molecule has 1 aliphatic rings. The maximum Gasteiger partial charge on any atom is 0.222 e. The Labute approximate surface area is 161 Å². The van der Waals surface area contributed by atoms with Crippen molar-refractivity contribution < 1.29 is 13.2 Å². The van der Waals surface area contributed by atoms with E-state index in [1.165, 1.54) is 6.26 Å². The molecular formula is C21H26N2O3S. The van der Waals surface area contributed by atoms with Crippen LogP contribution in [0.2, 0.25) is 0 Å². The molecule has 27 heavy (non-hydrogen) atoms. The lowest BCUT2D eigenvalue weighted by Crippen LogP contribution is -2.34. The minimum Gasteiger partial charge on any atom is -0.345 e. The van der Waals surface area contributed by atoms with Gasteiger partial charge in [0, 0.05) is 18.7 Å². The first-order valence-electron chi connectivity index (χ1n) is 9.22. The summed E-state index contributed by atoms with van der Waals surface area (Å²) in [5.74, 6) is -0.0373. The number of sulfone groups is 1. The van der Waals surface area contributed by atoms with Crippen molar-refractivity contribution in [3.63, 3.8) is 0 Å². The Bertz CT molecular complexity index is 901. The Morgan fingerprint density at radius 2 is 1.93 bits per heavy atom. The number of hydrogen-bond donors (Lipinski definition) is 2. The van der Waals surface area contributed by atoms with Gasteiger partial charge >= 0.3 is 0 Å². The lowest BCUT2D eigenvalue weighted by atomic mass is 9.97. The molecule has 0 bridgehead atoms. The maximum absolute atomic E-state index is 12.6. The Balaban J connectivity index is 1.90. The molecule has 2 unspecified atom stereocenters. The van der Waals surface area contributed by atoms with Gasteiger partial charge in [0.2, 0.25) is 5.91 Å². The molecule has 5 nitrogen and oxygen atoms in total. The molecule has 2 atom stereocenters. The van der Waals surface area contributed by atoms with Crippen molar-refractivity contribution >= 4 is 15.7 Å². The number of amides is 1. The molecule has 1 amide bonds. The van der Waals surface area contributed by atoms with E-state index < -0.39 is 9.84 Å². The van der Waals surface area contributed by atoms with Crippen molar-refractivity contribution in [2.75, 3.05) is 12.8 Å². The molecule has 144 valence electrons. The number of aryl methyl sites for hydroxylation is 1. The minimum atomic E-state index is -3.32. The zero-order valence-electron chi connectivity index (χ0n) is 15.7. The number of hydrogen-bond acceptors (Lipinski definition) is 4. The fourth-order valence-corrected chi connectivity index (χ4v) is 4.09. The van der Waals surface area contributed by atoms with Crippen LogP contribution in [0.5, 0.6) is 0 Å². The third-order valence-electron chi connectivity index (χ3n) is 4.93. The highest BCUT2D eigenvalue weighted by Crippen LogP contribution is 2.25. The first-order valence-corrected chi connectivity index (χ1v) is 11.1. The highest BCUT2D eigenvalue weighted by atomic mass is 32.2. The predicted octanol–water partition coefficient (Wildman–Crippen LogP) is 2.75. The summed E-state index contributed by atoms with van der Waals surface area (Å²) in [7, 11) is -3.32. The van der Waals surface area contributed by atoms with Gasteiger partial charge in [-0.25, -0.2) is 8.42 Å². The van der Waals surface area contributed by atoms with Crippen LogP contribution in [0.4, 0.5) is 0 Å². The molecule has 1 heterocycles. The van der Waals surface area contributed by atoms with Gasteiger partial charge in [-0.05, 0) is 49.6 Å². The van der Waals surface area contributed by atoms with E-state index in [4.69, 9.17) is 0 Å². The van der Waals surface area contributed by atoms with Crippen molar-refractivity contribution in [2.24, 2.45) is 0 Å². The quantitative estimate of drug-likeness (QED) is 0.800. The van der Waals surface area contributed by atoms with Crippen LogP contribution in [0.15, 0.2) is 53.4 Å². The average Bonchev–Trinajstić information content (AvgIpc) is 3.13. The van der Waals surface area contributed by atoms with Crippen molar-refractivity contribution in [3.05, 3.63) is 65.2 Å². The molecule has 2 aromatic rings. The first kappa shape index (κ1) is 19.6. The van der Waals surface area contributed by atoms with Gasteiger partial charge in [-0.1, -0.05) is 42.0 Å². The minimum absolute atomic E-state index is 0.0373. The van der Waals surface area contributed by atoms with Gasteiger partial charge in [-0.2, -0.15) is 0 Å². The smallest absolute Gasteiger partial charge is 0.222 e. The topological polar surface area (TPSA) is 75.3 Å². The summed E-state index contributed by atoms with van der Waals surface area (Å²) >= 11 is 0. The third kappa shape index (κ3) is 5.17. The average molecular weight is 387 g/mol. The molecule has 1 fully saturated rings. The Hall–Kier alpha value is -2.18. The Kier molecular flexibility index (Phi) is 5.97. The van der Waals surface area contributed by atoms with E-state index in [1.54, 1.807) is 18.2 Å². The second kappa shape index (κ2) is 8.23. The molecule has 0 spiro atoms. The summed E-state index contributed by atoms with van der Waals surface area (Å²) in [6, 6.07) is 14.6. The molecule has 6 heteroatoms. The van der Waals surface area contributed by atoms with E-state index in [0.717, 1.165) is 36.1 Å². The molecule has 1 aliphatic heterocycles. The Morgan fingerprint density at radius 3 is 2.56 bits per heavy atom. The van der Waals surface area contributed by atoms with Crippen LogP contribution in [0.1, 0.15) is 42.0 Å². The van der Waals surface area contributed by atoms with Gasteiger partial charge in [0.15, 0.2) is 9.84 Å². The normalized spacial score (nSPS) is 18.2. The standard InChI is InChI=1S/C21H26N2O3S/c1-15-8-10-16(11-9-15)21(23-20(24)14-18-6-4-12-22-18)17-5-3-7-19(13-17)27(2,25)26/h3,5,7-11,13,18,21-22H,4,6,12,14H2,1-2H3,(H,23,24). The molecule has 2 aromatic carbocycles. The molecule has 0 radical (unpaired) electrons. The van der Waals surface area contributed by atoms with Crippen molar-refractivity contribution in [3.8, 4) is 0 Å². The maximum atomic E-state index is 12.6. The first-order chi connectivity index (χ1) is 12.8. The largest absolute Gasteiger partial charge is 0.345 e. The molecule has 2 N–H and O–H groups in total. The zero-order valence-corrected chi connectivity index (χ0v) is 16.6. The molecule has 1 saturated heterocycles. The van der Waals surface area contributed by atoms with Gasteiger partial charge in [0.05, 0.1) is 10.9 Å². The van der Waals surface area contributed by atoms with Crippen LogP contribution in [0.25, 0.3) is 0 Å². The molecule has 3 rings (SSSR count). The third-order valence-corrected chi connectivity index (χ3v) is 6.04. The van der Waals surface area contributed by atoms with E-state index in [-0.39, 0.29) is 22.9 Å².